The van der Waals surface area contributed by atoms with Gasteiger partial charge in [-0.25, -0.2) is 0 Å². The summed E-state index contributed by atoms with van der Waals surface area (Å²) in [5.74, 6) is 1.92. The van der Waals surface area contributed by atoms with Crippen LogP contribution in [-0.2, 0) is 6.42 Å². The van der Waals surface area contributed by atoms with E-state index in [9.17, 15) is 0 Å². The minimum Gasteiger partial charge on any atom is -0.494 e. The summed E-state index contributed by atoms with van der Waals surface area (Å²) in [5.41, 5.74) is 7.65. The minimum atomic E-state index is 0.773. The molecule has 6 aromatic carbocycles. The van der Waals surface area contributed by atoms with Gasteiger partial charge in [-0.3, -0.25) is 0 Å². The molecule has 0 aliphatic carbocycles. The van der Waals surface area contributed by atoms with Gasteiger partial charge in [-0.2, -0.15) is 0 Å². The molecule has 3 heteroatoms. The number of aromatic nitrogens is 1. The van der Waals surface area contributed by atoms with Gasteiger partial charge in [-0.15, -0.1) is 0 Å². The predicted octanol–water partition coefficient (Wildman–Crippen LogP) is 15.1. The van der Waals surface area contributed by atoms with Gasteiger partial charge in [0.25, 0.3) is 0 Å². The molecule has 7 rings (SSSR count). The molecule has 1 heterocycles. The second-order valence-corrected chi connectivity index (χ2v) is 15.3. The zero-order valence-corrected chi connectivity index (χ0v) is 33.0. The largest absolute Gasteiger partial charge is 0.494 e. The molecule has 0 spiro atoms. The molecule has 0 atom stereocenters. The molecule has 3 nitrogen and oxygen atoms in total. The number of hydrogen-bond donors (Lipinski definition) is 0. The van der Waals surface area contributed by atoms with E-state index in [2.05, 4.69) is 145 Å². The van der Waals surface area contributed by atoms with E-state index >= 15 is 0 Å². The van der Waals surface area contributed by atoms with Gasteiger partial charge in [0, 0.05) is 16.5 Å². The standard InChI is InChI=1S/C52H59NO2/c1-2-3-4-5-10-13-20-41-25-27-42(28-26-41)43-29-30-45-40-48(34-31-44(45)39-43)55-38-19-12-9-7-6-8-11-18-37-54-47-35-32-46(33-36-47)53-51-23-16-14-21-49(51)50-22-15-17-24-52(50)53/h14-17,21-36,39-40H,2-13,18-20,37-38H2,1H3. The Morgan fingerprint density at radius 2 is 0.927 bits per heavy atom. The van der Waals surface area contributed by atoms with Gasteiger partial charge in [0.15, 0.2) is 0 Å². The van der Waals surface area contributed by atoms with Crippen LogP contribution in [0.4, 0.5) is 0 Å². The molecule has 0 unspecified atom stereocenters. The molecule has 0 fully saturated rings. The number of benzene rings is 6. The topological polar surface area (TPSA) is 23.4 Å². The maximum atomic E-state index is 6.15. The Morgan fingerprint density at radius 3 is 1.58 bits per heavy atom. The van der Waals surface area contributed by atoms with E-state index in [4.69, 9.17) is 9.47 Å². The first-order chi connectivity index (χ1) is 27.3. The van der Waals surface area contributed by atoms with E-state index in [1.165, 1.54) is 133 Å². The molecular formula is C52H59NO2. The van der Waals surface area contributed by atoms with Crippen molar-refractivity contribution in [1.82, 2.24) is 4.57 Å². The van der Waals surface area contributed by atoms with Gasteiger partial charge in [0.1, 0.15) is 11.5 Å². The Hall–Kier alpha value is -5.02. The zero-order valence-electron chi connectivity index (χ0n) is 33.0. The molecule has 0 saturated heterocycles. The molecule has 284 valence electrons. The molecule has 0 saturated carbocycles. The van der Waals surface area contributed by atoms with Gasteiger partial charge in [-0.1, -0.05) is 156 Å². The smallest absolute Gasteiger partial charge is 0.119 e. The van der Waals surface area contributed by atoms with Crippen molar-refractivity contribution in [3.63, 3.8) is 0 Å². The summed E-state index contributed by atoms with van der Waals surface area (Å²) in [7, 11) is 0. The number of unbranched alkanes of at least 4 members (excludes halogenated alkanes) is 12. The van der Waals surface area contributed by atoms with E-state index in [1.54, 1.807) is 0 Å². The number of para-hydroxylation sites is 2. The van der Waals surface area contributed by atoms with Gasteiger partial charge in [0.2, 0.25) is 0 Å². The molecule has 0 amide bonds. The average molecular weight is 730 g/mol. The molecule has 1 aromatic heterocycles. The summed E-state index contributed by atoms with van der Waals surface area (Å²) in [4.78, 5) is 0. The summed E-state index contributed by atoms with van der Waals surface area (Å²) >= 11 is 0. The molecule has 7 aromatic rings. The summed E-state index contributed by atoms with van der Waals surface area (Å²) in [5, 5.41) is 5.07. The monoisotopic (exact) mass is 729 g/mol. The third kappa shape index (κ3) is 10.4. The summed E-state index contributed by atoms with van der Waals surface area (Å²) in [6.45, 7) is 3.84. The molecule has 0 N–H and O–H groups in total. The van der Waals surface area contributed by atoms with Crippen molar-refractivity contribution in [1.29, 1.82) is 0 Å². The first-order valence-corrected chi connectivity index (χ1v) is 21.2. The number of fused-ring (bicyclic) bond motifs is 4. The SMILES string of the molecule is CCCCCCCCc1ccc(-c2ccc3cc(OCCCCCCCCCCOc4ccc(-n5c6ccccc6c6ccccc65)cc4)ccc3c2)cc1. The van der Waals surface area contributed by atoms with Crippen molar-refractivity contribution < 1.29 is 9.47 Å². The highest BCUT2D eigenvalue weighted by atomic mass is 16.5. The fourth-order valence-corrected chi connectivity index (χ4v) is 8.00. The van der Waals surface area contributed by atoms with Crippen LogP contribution >= 0.6 is 0 Å². The van der Waals surface area contributed by atoms with E-state index in [0.29, 0.717) is 0 Å². The van der Waals surface area contributed by atoms with Crippen molar-refractivity contribution in [2.45, 2.75) is 103 Å². The summed E-state index contributed by atoms with van der Waals surface area (Å²) < 4.78 is 14.6. The fraction of sp³-hybridized carbons (Fsp3) is 0.346. The molecule has 0 aliphatic heterocycles. The van der Waals surface area contributed by atoms with Crippen LogP contribution in [0.2, 0.25) is 0 Å². The normalized spacial score (nSPS) is 11.5. The van der Waals surface area contributed by atoms with Crippen molar-refractivity contribution in [3.05, 3.63) is 139 Å². The highest BCUT2D eigenvalue weighted by molar-refractivity contribution is 6.09. The maximum Gasteiger partial charge on any atom is 0.119 e. The maximum absolute atomic E-state index is 6.15. The zero-order chi connectivity index (χ0) is 37.5. The van der Waals surface area contributed by atoms with Crippen LogP contribution in [0.5, 0.6) is 11.5 Å². The van der Waals surface area contributed by atoms with Gasteiger partial charge in [-0.05, 0) is 108 Å². The van der Waals surface area contributed by atoms with Crippen LogP contribution in [-0.4, -0.2) is 17.8 Å². The Bertz CT molecular complexity index is 2160. The van der Waals surface area contributed by atoms with Crippen LogP contribution < -0.4 is 9.47 Å². The van der Waals surface area contributed by atoms with Crippen LogP contribution in [0.25, 0.3) is 49.4 Å². The lowest BCUT2D eigenvalue weighted by molar-refractivity contribution is 0.301. The average Bonchev–Trinajstić information content (AvgIpc) is 3.57. The van der Waals surface area contributed by atoms with Gasteiger partial charge < -0.3 is 14.0 Å². The Balaban J connectivity index is 0.740. The Morgan fingerprint density at radius 1 is 0.418 bits per heavy atom. The number of nitrogens with zero attached hydrogens (tertiary/aromatic N) is 1. The first kappa shape index (κ1) is 38.3. The van der Waals surface area contributed by atoms with E-state index in [0.717, 1.165) is 43.2 Å². The summed E-state index contributed by atoms with van der Waals surface area (Å²) in [6, 6.07) is 48.3. The molecule has 55 heavy (non-hydrogen) atoms. The molecular weight excluding hydrogens is 671 g/mol. The van der Waals surface area contributed by atoms with Crippen LogP contribution in [0.3, 0.4) is 0 Å². The lowest BCUT2D eigenvalue weighted by atomic mass is 9.98. The number of ether oxygens (including phenoxy) is 2. The molecule has 0 bridgehead atoms. The minimum absolute atomic E-state index is 0.773. The lowest BCUT2D eigenvalue weighted by Gasteiger charge is -2.10. The third-order valence-corrected chi connectivity index (χ3v) is 11.2. The van der Waals surface area contributed by atoms with Gasteiger partial charge in [0.05, 0.1) is 24.2 Å². The number of aryl methyl sites for hydroxylation is 1. The predicted molar refractivity (Wildman–Crippen MR) is 235 cm³/mol. The Labute approximate surface area is 329 Å². The highest BCUT2D eigenvalue weighted by Crippen LogP contribution is 2.32. The number of rotatable bonds is 22. The van der Waals surface area contributed by atoms with Crippen LogP contribution in [0, 0.1) is 0 Å². The van der Waals surface area contributed by atoms with E-state index in [1.807, 2.05) is 0 Å². The fourth-order valence-electron chi connectivity index (χ4n) is 8.00. The number of hydrogen-bond acceptors (Lipinski definition) is 2. The van der Waals surface area contributed by atoms with E-state index in [-0.39, 0.29) is 0 Å². The second kappa shape index (κ2) is 20.1. The third-order valence-electron chi connectivity index (χ3n) is 11.2. The second-order valence-electron chi connectivity index (χ2n) is 15.3. The van der Waals surface area contributed by atoms with Crippen LogP contribution in [0.15, 0.2) is 133 Å². The van der Waals surface area contributed by atoms with Crippen molar-refractivity contribution in [3.8, 4) is 28.3 Å². The summed E-state index contributed by atoms with van der Waals surface area (Å²) in [6.07, 6.45) is 19.1. The van der Waals surface area contributed by atoms with Crippen molar-refractivity contribution in [2.75, 3.05) is 13.2 Å². The first-order valence-electron chi connectivity index (χ1n) is 21.2. The van der Waals surface area contributed by atoms with Crippen molar-refractivity contribution in [2.24, 2.45) is 0 Å². The van der Waals surface area contributed by atoms with Gasteiger partial charge >= 0.3 is 0 Å². The quantitative estimate of drug-likeness (QED) is 0.0649. The van der Waals surface area contributed by atoms with Crippen molar-refractivity contribution >= 4 is 32.6 Å². The highest BCUT2D eigenvalue weighted by Gasteiger charge is 2.11. The molecule has 0 aliphatic rings. The molecule has 0 radical (unpaired) electrons. The van der Waals surface area contributed by atoms with Crippen LogP contribution in [0.1, 0.15) is 102 Å². The Kier molecular flexibility index (Phi) is 14.0. The lowest BCUT2D eigenvalue weighted by Crippen LogP contribution is -1.98. The van der Waals surface area contributed by atoms with E-state index < -0.39 is 0 Å².